The maximum atomic E-state index is 13.7. The van der Waals surface area contributed by atoms with Crippen molar-refractivity contribution in [2.24, 2.45) is 5.73 Å². The molecule has 92 valence electrons. The monoisotopic (exact) mass is 300 g/mol. The third kappa shape index (κ3) is 2.66. The Hall–Kier alpha value is -0.940. The van der Waals surface area contributed by atoms with Gasteiger partial charge in [0.25, 0.3) is 5.91 Å². The summed E-state index contributed by atoms with van der Waals surface area (Å²) in [6.45, 7) is 0. The molecule has 1 aliphatic rings. The number of hydrogen-bond donors (Lipinski definition) is 2. The Morgan fingerprint density at radius 1 is 1.47 bits per heavy atom. The van der Waals surface area contributed by atoms with E-state index in [0.29, 0.717) is 4.47 Å². The lowest BCUT2D eigenvalue weighted by Gasteiger charge is -2.17. The molecule has 1 amide bonds. The van der Waals surface area contributed by atoms with E-state index in [-0.39, 0.29) is 17.6 Å². The zero-order chi connectivity index (χ0) is 12.4. The Labute approximate surface area is 108 Å². The third-order valence-electron chi connectivity index (χ3n) is 3.08. The molecule has 0 heterocycles. The van der Waals surface area contributed by atoms with E-state index in [2.05, 4.69) is 21.2 Å². The molecule has 1 fully saturated rings. The van der Waals surface area contributed by atoms with Gasteiger partial charge in [-0.2, -0.15) is 0 Å². The molecule has 1 aliphatic carbocycles. The first-order valence-corrected chi connectivity index (χ1v) is 6.39. The SMILES string of the molecule is NC1CCCC1NC(=O)c1cccc(Br)c1F. The minimum Gasteiger partial charge on any atom is -0.348 e. The molecule has 5 heteroatoms. The average molecular weight is 301 g/mol. The first-order chi connectivity index (χ1) is 8.09. The lowest BCUT2D eigenvalue weighted by atomic mass is 10.1. The van der Waals surface area contributed by atoms with Crippen LogP contribution in [0.2, 0.25) is 0 Å². The molecular formula is C12H14BrFN2O. The van der Waals surface area contributed by atoms with Gasteiger partial charge < -0.3 is 11.1 Å². The van der Waals surface area contributed by atoms with Crippen molar-refractivity contribution in [3.63, 3.8) is 0 Å². The molecule has 0 bridgehead atoms. The summed E-state index contributed by atoms with van der Waals surface area (Å²) in [6, 6.07) is 4.61. The number of hydrogen-bond acceptors (Lipinski definition) is 2. The highest BCUT2D eigenvalue weighted by atomic mass is 79.9. The second kappa shape index (κ2) is 5.14. The van der Waals surface area contributed by atoms with E-state index in [9.17, 15) is 9.18 Å². The molecule has 2 atom stereocenters. The predicted molar refractivity (Wildman–Crippen MR) is 67.2 cm³/mol. The van der Waals surface area contributed by atoms with Crippen LogP contribution in [0.4, 0.5) is 4.39 Å². The predicted octanol–water partition coefficient (Wildman–Crippen LogP) is 2.20. The number of carbonyl (C=O) groups excluding carboxylic acids is 1. The topological polar surface area (TPSA) is 55.1 Å². The molecule has 17 heavy (non-hydrogen) atoms. The molecule has 1 aromatic rings. The van der Waals surface area contributed by atoms with Crippen LogP contribution in [-0.2, 0) is 0 Å². The molecule has 3 nitrogen and oxygen atoms in total. The fraction of sp³-hybridized carbons (Fsp3) is 0.417. The summed E-state index contributed by atoms with van der Waals surface area (Å²) in [4.78, 5) is 11.9. The minimum absolute atomic E-state index is 0.0193. The zero-order valence-electron chi connectivity index (χ0n) is 9.25. The lowest BCUT2D eigenvalue weighted by molar-refractivity contribution is 0.0930. The van der Waals surface area contributed by atoms with Crippen LogP contribution in [0.1, 0.15) is 29.6 Å². The third-order valence-corrected chi connectivity index (χ3v) is 3.69. The Morgan fingerprint density at radius 3 is 2.88 bits per heavy atom. The highest BCUT2D eigenvalue weighted by Gasteiger charge is 2.26. The van der Waals surface area contributed by atoms with E-state index < -0.39 is 11.7 Å². The van der Waals surface area contributed by atoms with Crippen molar-refractivity contribution in [2.45, 2.75) is 31.3 Å². The number of nitrogens with one attached hydrogen (secondary N) is 1. The number of nitrogens with two attached hydrogens (primary N) is 1. The summed E-state index contributed by atoms with van der Waals surface area (Å²) < 4.78 is 14.0. The second-order valence-corrected chi connectivity index (χ2v) is 5.13. The van der Waals surface area contributed by atoms with Crippen LogP contribution in [0.15, 0.2) is 22.7 Å². The van der Waals surface area contributed by atoms with Crippen LogP contribution in [-0.4, -0.2) is 18.0 Å². The van der Waals surface area contributed by atoms with E-state index in [4.69, 9.17) is 5.73 Å². The van der Waals surface area contributed by atoms with Crippen LogP contribution in [0, 0.1) is 5.82 Å². The molecule has 0 radical (unpaired) electrons. The maximum absolute atomic E-state index is 13.7. The molecule has 0 saturated heterocycles. The zero-order valence-corrected chi connectivity index (χ0v) is 10.8. The van der Waals surface area contributed by atoms with Crippen molar-refractivity contribution in [1.82, 2.24) is 5.32 Å². The van der Waals surface area contributed by atoms with Crippen LogP contribution in [0.5, 0.6) is 0 Å². The van der Waals surface area contributed by atoms with Crippen molar-refractivity contribution < 1.29 is 9.18 Å². The summed E-state index contributed by atoms with van der Waals surface area (Å²) in [5, 5.41) is 2.79. The summed E-state index contributed by atoms with van der Waals surface area (Å²) in [5.74, 6) is -0.928. The smallest absolute Gasteiger partial charge is 0.254 e. The van der Waals surface area contributed by atoms with Gasteiger partial charge in [-0.25, -0.2) is 4.39 Å². The summed E-state index contributed by atoms with van der Waals surface area (Å²) >= 11 is 3.06. The Kier molecular flexibility index (Phi) is 3.79. The molecule has 0 aliphatic heterocycles. The average Bonchev–Trinajstić information content (AvgIpc) is 2.68. The van der Waals surface area contributed by atoms with Crippen molar-refractivity contribution in [3.05, 3.63) is 34.1 Å². The summed E-state index contributed by atoms with van der Waals surface area (Å²) in [5.41, 5.74) is 5.91. The highest BCUT2D eigenvalue weighted by Crippen LogP contribution is 2.20. The fourth-order valence-corrected chi connectivity index (χ4v) is 2.46. The fourth-order valence-electron chi connectivity index (χ4n) is 2.09. The van der Waals surface area contributed by atoms with Crippen LogP contribution in [0.3, 0.4) is 0 Å². The highest BCUT2D eigenvalue weighted by molar-refractivity contribution is 9.10. The van der Waals surface area contributed by atoms with Crippen molar-refractivity contribution in [2.75, 3.05) is 0 Å². The van der Waals surface area contributed by atoms with E-state index in [1.807, 2.05) is 0 Å². The van der Waals surface area contributed by atoms with Crippen molar-refractivity contribution in [1.29, 1.82) is 0 Å². The molecule has 0 spiro atoms. The maximum Gasteiger partial charge on any atom is 0.254 e. The first-order valence-electron chi connectivity index (χ1n) is 5.60. The number of amides is 1. The Balaban J connectivity index is 2.12. The van der Waals surface area contributed by atoms with Gasteiger partial charge in [-0.05, 0) is 47.3 Å². The van der Waals surface area contributed by atoms with Crippen LogP contribution >= 0.6 is 15.9 Å². The molecule has 3 N–H and O–H groups in total. The number of benzene rings is 1. The van der Waals surface area contributed by atoms with E-state index in [0.717, 1.165) is 19.3 Å². The summed E-state index contributed by atoms with van der Waals surface area (Å²) in [6.07, 6.45) is 2.78. The number of rotatable bonds is 2. The number of carbonyl (C=O) groups is 1. The van der Waals surface area contributed by atoms with E-state index in [1.54, 1.807) is 12.1 Å². The van der Waals surface area contributed by atoms with E-state index >= 15 is 0 Å². The normalized spacial score (nSPS) is 23.7. The van der Waals surface area contributed by atoms with Crippen molar-refractivity contribution >= 4 is 21.8 Å². The largest absolute Gasteiger partial charge is 0.348 e. The molecule has 2 unspecified atom stereocenters. The van der Waals surface area contributed by atoms with Gasteiger partial charge >= 0.3 is 0 Å². The molecule has 0 aromatic heterocycles. The van der Waals surface area contributed by atoms with Crippen molar-refractivity contribution in [3.8, 4) is 0 Å². The first kappa shape index (κ1) is 12.5. The standard InChI is InChI=1S/C12H14BrFN2O/c13-8-4-1-3-7(11(8)14)12(17)16-10-6-2-5-9(10)15/h1,3-4,9-10H,2,5-6,15H2,(H,16,17). The molecular weight excluding hydrogens is 287 g/mol. The minimum atomic E-state index is -0.531. The van der Waals surface area contributed by atoms with Gasteiger partial charge in [0.2, 0.25) is 0 Å². The Bertz CT molecular complexity index is 439. The molecule has 1 aromatic carbocycles. The molecule has 2 rings (SSSR count). The molecule has 1 saturated carbocycles. The lowest BCUT2D eigenvalue weighted by Crippen LogP contribution is -2.44. The van der Waals surface area contributed by atoms with Gasteiger partial charge in [0.1, 0.15) is 5.82 Å². The van der Waals surface area contributed by atoms with Gasteiger partial charge in [-0.1, -0.05) is 6.07 Å². The number of halogens is 2. The van der Waals surface area contributed by atoms with Gasteiger partial charge in [0.15, 0.2) is 0 Å². The van der Waals surface area contributed by atoms with Crippen LogP contribution in [0.25, 0.3) is 0 Å². The van der Waals surface area contributed by atoms with Gasteiger partial charge in [-0.15, -0.1) is 0 Å². The van der Waals surface area contributed by atoms with Crippen LogP contribution < -0.4 is 11.1 Å². The van der Waals surface area contributed by atoms with E-state index in [1.165, 1.54) is 6.07 Å². The summed E-state index contributed by atoms with van der Waals surface area (Å²) in [7, 11) is 0. The van der Waals surface area contributed by atoms with Gasteiger partial charge in [0, 0.05) is 12.1 Å². The Morgan fingerprint density at radius 2 is 2.24 bits per heavy atom. The second-order valence-electron chi connectivity index (χ2n) is 4.28. The quantitative estimate of drug-likeness (QED) is 0.880. The van der Waals surface area contributed by atoms with Gasteiger partial charge in [-0.3, -0.25) is 4.79 Å². The van der Waals surface area contributed by atoms with Gasteiger partial charge in [0.05, 0.1) is 10.0 Å².